The zero-order chi connectivity index (χ0) is 19.6. The zero-order valence-corrected chi connectivity index (χ0v) is 16.1. The Labute approximate surface area is 161 Å². The number of carbonyl (C=O) groups is 1. The van der Waals surface area contributed by atoms with E-state index in [1.54, 1.807) is 50.2 Å². The van der Waals surface area contributed by atoms with Crippen molar-refractivity contribution in [3.8, 4) is 0 Å². The summed E-state index contributed by atoms with van der Waals surface area (Å²) in [6.07, 6.45) is 1.33. The highest BCUT2D eigenvalue weighted by Crippen LogP contribution is 2.24. The van der Waals surface area contributed by atoms with E-state index < -0.39 is 10.0 Å². The standard InChI is InChI=1S/C18H16ClN3O4S/c1-11-3-4-13(19)9-17(11)27(24,25)22-15-7-5-14(6-8-15)21-18(23)16-10-20-26-12(16)2/h3-10,22H,1-2H3,(H,21,23). The molecule has 7 nitrogen and oxygen atoms in total. The third-order valence-electron chi connectivity index (χ3n) is 3.83. The van der Waals surface area contributed by atoms with Crippen molar-refractivity contribution in [3.05, 3.63) is 70.6 Å². The van der Waals surface area contributed by atoms with Gasteiger partial charge in [-0.25, -0.2) is 8.42 Å². The maximum absolute atomic E-state index is 12.6. The fourth-order valence-electron chi connectivity index (χ4n) is 2.41. The zero-order valence-electron chi connectivity index (χ0n) is 14.5. The first-order chi connectivity index (χ1) is 12.8. The van der Waals surface area contributed by atoms with Gasteiger partial charge in [0.1, 0.15) is 11.3 Å². The molecule has 3 aromatic rings. The summed E-state index contributed by atoms with van der Waals surface area (Å²) < 4.78 is 32.5. The van der Waals surface area contributed by atoms with E-state index in [-0.39, 0.29) is 10.8 Å². The molecule has 0 unspecified atom stereocenters. The Kier molecular flexibility index (Phi) is 5.20. The van der Waals surface area contributed by atoms with E-state index in [1.165, 1.54) is 12.3 Å². The third-order valence-corrected chi connectivity index (χ3v) is 5.59. The number of hydrogen-bond acceptors (Lipinski definition) is 5. The minimum Gasteiger partial charge on any atom is -0.361 e. The van der Waals surface area contributed by atoms with Gasteiger partial charge < -0.3 is 9.84 Å². The second-order valence-electron chi connectivity index (χ2n) is 5.84. The summed E-state index contributed by atoms with van der Waals surface area (Å²) >= 11 is 5.90. The predicted molar refractivity (Wildman–Crippen MR) is 103 cm³/mol. The van der Waals surface area contributed by atoms with Crippen LogP contribution in [0.25, 0.3) is 0 Å². The van der Waals surface area contributed by atoms with Crippen LogP contribution >= 0.6 is 11.6 Å². The van der Waals surface area contributed by atoms with E-state index in [9.17, 15) is 13.2 Å². The molecule has 1 amide bonds. The molecule has 0 aliphatic carbocycles. The van der Waals surface area contributed by atoms with Crippen molar-refractivity contribution in [2.24, 2.45) is 0 Å². The normalized spacial score (nSPS) is 11.2. The SMILES string of the molecule is Cc1ccc(Cl)cc1S(=O)(=O)Nc1ccc(NC(=O)c2cnoc2C)cc1. The van der Waals surface area contributed by atoms with Crippen molar-refractivity contribution in [3.63, 3.8) is 0 Å². The van der Waals surface area contributed by atoms with Gasteiger partial charge in [-0.2, -0.15) is 0 Å². The summed E-state index contributed by atoms with van der Waals surface area (Å²) in [5.41, 5.74) is 1.77. The Bertz CT molecular complexity index is 1090. The Morgan fingerprint density at radius 2 is 1.74 bits per heavy atom. The van der Waals surface area contributed by atoms with Crippen LogP contribution in [-0.4, -0.2) is 19.5 Å². The molecule has 0 radical (unpaired) electrons. The molecule has 0 fully saturated rings. The van der Waals surface area contributed by atoms with Gasteiger partial charge in [0, 0.05) is 16.4 Å². The maximum atomic E-state index is 12.6. The topological polar surface area (TPSA) is 101 Å². The van der Waals surface area contributed by atoms with Gasteiger partial charge in [0.15, 0.2) is 0 Å². The maximum Gasteiger partial charge on any atom is 0.262 e. The van der Waals surface area contributed by atoms with Gasteiger partial charge in [-0.15, -0.1) is 0 Å². The molecule has 0 aliphatic heterocycles. The number of nitrogens with one attached hydrogen (secondary N) is 2. The molecule has 0 atom stereocenters. The minimum absolute atomic E-state index is 0.107. The van der Waals surface area contributed by atoms with Crippen molar-refractivity contribution < 1.29 is 17.7 Å². The molecule has 1 heterocycles. The number of aromatic nitrogens is 1. The lowest BCUT2D eigenvalue weighted by molar-refractivity contribution is 0.102. The highest BCUT2D eigenvalue weighted by atomic mass is 35.5. The predicted octanol–water partition coefficient (Wildman–Crippen LogP) is 4.00. The minimum atomic E-state index is -3.79. The fourth-order valence-corrected chi connectivity index (χ4v) is 3.98. The van der Waals surface area contributed by atoms with Gasteiger partial charge in [-0.1, -0.05) is 22.8 Å². The van der Waals surface area contributed by atoms with Crippen LogP contribution in [0, 0.1) is 13.8 Å². The number of nitrogens with zero attached hydrogens (tertiary/aromatic N) is 1. The van der Waals surface area contributed by atoms with Crippen molar-refractivity contribution in [1.29, 1.82) is 0 Å². The van der Waals surface area contributed by atoms with Crippen LogP contribution in [-0.2, 0) is 10.0 Å². The highest BCUT2D eigenvalue weighted by molar-refractivity contribution is 7.92. The number of benzene rings is 2. The Morgan fingerprint density at radius 1 is 1.07 bits per heavy atom. The summed E-state index contributed by atoms with van der Waals surface area (Å²) in [6.45, 7) is 3.33. The molecular weight excluding hydrogens is 390 g/mol. The number of carbonyl (C=O) groups excluding carboxylic acids is 1. The van der Waals surface area contributed by atoms with Gasteiger partial charge >= 0.3 is 0 Å². The van der Waals surface area contributed by atoms with E-state index in [1.807, 2.05) is 0 Å². The lowest BCUT2D eigenvalue weighted by Crippen LogP contribution is -2.15. The lowest BCUT2D eigenvalue weighted by Gasteiger charge is -2.11. The van der Waals surface area contributed by atoms with Crippen molar-refractivity contribution in [2.45, 2.75) is 18.7 Å². The summed E-state index contributed by atoms with van der Waals surface area (Å²) in [4.78, 5) is 12.2. The molecule has 1 aromatic heterocycles. The van der Waals surface area contributed by atoms with Crippen LogP contribution < -0.4 is 10.0 Å². The number of halogens is 1. The van der Waals surface area contributed by atoms with Crippen LogP contribution in [0.1, 0.15) is 21.7 Å². The first-order valence-electron chi connectivity index (χ1n) is 7.88. The first kappa shape index (κ1) is 18.9. The monoisotopic (exact) mass is 405 g/mol. The number of amides is 1. The van der Waals surface area contributed by atoms with Crippen LogP contribution in [0.2, 0.25) is 5.02 Å². The number of rotatable bonds is 5. The second-order valence-corrected chi connectivity index (χ2v) is 7.93. The molecule has 27 heavy (non-hydrogen) atoms. The third kappa shape index (κ3) is 4.29. The van der Waals surface area contributed by atoms with Gasteiger partial charge in [0.05, 0.1) is 11.1 Å². The average Bonchev–Trinajstić information content (AvgIpc) is 3.04. The van der Waals surface area contributed by atoms with Crippen LogP contribution in [0.4, 0.5) is 11.4 Å². The van der Waals surface area contributed by atoms with E-state index in [4.69, 9.17) is 16.1 Å². The number of anilines is 2. The Hall–Kier alpha value is -2.84. The second kappa shape index (κ2) is 7.42. The lowest BCUT2D eigenvalue weighted by atomic mass is 10.2. The molecule has 0 saturated carbocycles. The van der Waals surface area contributed by atoms with Gasteiger partial charge in [-0.3, -0.25) is 9.52 Å². The van der Waals surface area contributed by atoms with Crippen molar-refractivity contribution in [2.75, 3.05) is 10.0 Å². The summed E-state index contributed by atoms with van der Waals surface area (Å²) in [5.74, 6) is 0.0467. The van der Waals surface area contributed by atoms with Gasteiger partial charge in [-0.05, 0) is 55.8 Å². The summed E-state index contributed by atoms with van der Waals surface area (Å²) in [5, 5.41) is 6.58. The molecular formula is C18H16ClN3O4S. The van der Waals surface area contributed by atoms with Gasteiger partial charge in [0.2, 0.25) is 0 Å². The first-order valence-corrected chi connectivity index (χ1v) is 9.74. The van der Waals surface area contributed by atoms with Crippen molar-refractivity contribution >= 4 is 38.9 Å². The number of hydrogen-bond donors (Lipinski definition) is 2. The molecule has 140 valence electrons. The molecule has 0 saturated heterocycles. The molecule has 9 heteroatoms. The van der Waals surface area contributed by atoms with Crippen LogP contribution in [0.5, 0.6) is 0 Å². The molecule has 3 rings (SSSR count). The fraction of sp³-hybridized carbons (Fsp3) is 0.111. The molecule has 2 aromatic carbocycles. The van der Waals surface area contributed by atoms with E-state index >= 15 is 0 Å². The largest absolute Gasteiger partial charge is 0.361 e. The van der Waals surface area contributed by atoms with Crippen LogP contribution in [0.3, 0.4) is 0 Å². The molecule has 0 bridgehead atoms. The average molecular weight is 406 g/mol. The smallest absolute Gasteiger partial charge is 0.262 e. The van der Waals surface area contributed by atoms with Gasteiger partial charge in [0.25, 0.3) is 15.9 Å². The molecule has 0 aliphatic rings. The van der Waals surface area contributed by atoms with Crippen LogP contribution in [0.15, 0.2) is 58.1 Å². The quantitative estimate of drug-likeness (QED) is 0.668. The number of aryl methyl sites for hydroxylation is 2. The summed E-state index contributed by atoms with van der Waals surface area (Å²) in [7, 11) is -3.79. The number of sulfonamides is 1. The highest BCUT2D eigenvalue weighted by Gasteiger charge is 2.18. The van der Waals surface area contributed by atoms with E-state index in [0.717, 1.165) is 0 Å². The Balaban J connectivity index is 1.75. The molecule has 2 N–H and O–H groups in total. The Morgan fingerprint density at radius 3 is 2.37 bits per heavy atom. The van der Waals surface area contributed by atoms with E-state index in [2.05, 4.69) is 15.2 Å². The summed E-state index contributed by atoms with van der Waals surface area (Å²) in [6, 6.07) is 10.9. The van der Waals surface area contributed by atoms with Crippen molar-refractivity contribution in [1.82, 2.24) is 5.16 Å². The molecule has 0 spiro atoms. The van der Waals surface area contributed by atoms with E-state index in [0.29, 0.717) is 33.3 Å².